The van der Waals surface area contributed by atoms with E-state index >= 15 is 0 Å². The minimum absolute atomic E-state index is 0.0729. The van der Waals surface area contributed by atoms with Crippen molar-refractivity contribution in [3.05, 3.63) is 0 Å². The molecule has 0 saturated carbocycles. The predicted octanol–water partition coefficient (Wildman–Crippen LogP) is 1.65. The Hall–Kier alpha value is -1.06. The van der Waals surface area contributed by atoms with Gasteiger partial charge in [0.2, 0.25) is 5.91 Å². The highest BCUT2D eigenvalue weighted by Gasteiger charge is 1.93. The molecule has 0 aromatic heterocycles. The fraction of sp³-hybridized carbons (Fsp3) is 0.800. The predicted molar refractivity (Wildman–Crippen MR) is 56.1 cm³/mol. The highest BCUT2D eigenvalue weighted by Crippen LogP contribution is 2.01. The van der Waals surface area contributed by atoms with Crippen LogP contribution in [0.25, 0.3) is 0 Å². The van der Waals surface area contributed by atoms with E-state index in [0.717, 1.165) is 25.8 Å². The van der Waals surface area contributed by atoms with Gasteiger partial charge in [0.15, 0.2) is 0 Å². The average Bonchev–Trinajstić information content (AvgIpc) is 1.96. The standard InChI is InChI=1S/C8H17NO.C2H4O2/c1-7(2)5-4-6-9-8(3)10;1-2(3)4/h7H,4-6H2,1-3H3,(H,9,10);1H3,(H,3,4). The summed E-state index contributed by atoms with van der Waals surface area (Å²) in [7, 11) is 0. The lowest BCUT2D eigenvalue weighted by Crippen LogP contribution is -2.21. The highest BCUT2D eigenvalue weighted by atomic mass is 16.4. The quantitative estimate of drug-likeness (QED) is 0.683. The molecule has 0 aromatic carbocycles. The Kier molecular flexibility index (Phi) is 11.0. The highest BCUT2D eigenvalue weighted by molar-refractivity contribution is 5.72. The molecule has 0 aliphatic heterocycles. The number of hydrogen-bond acceptors (Lipinski definition) is 2. The van der Waals surface area contributed by atoms with Gasteiger partial charge in [0.25, 0.3) is 5.97 Å². The fourth-order valence-electron chi connectivity index (χ4n) is 0.775. The van der Waals surface area contributed by atoms with Crippen molar-refractivity contribution >= 4 is 11.9 Å². The molecule has 2 N–H and O–H groups in total. The smallest absolute Gasteiger partial charge is 0.300 e. The molecule has 0 fully saturated rings. The molecule has 0 saturated heterocycles. The molecule has 4 heteroatoms. The molecule has 1 amide bonds. The number of amides is 1. The SMILES string of the molecule is CC(=O)NCCCC(C)C.CC(=O)O. The topological polar surface area (TPSA) is 66.4 Å². The molecule has 0 heterocycles. The lowest BCUT2D eigenvalue weighted by atomic mass is 10.1. The zero-order chi connectivity index (χ0) is 11.6. The summed E-state index contributed by atoms with van der Waals surface area (Å²) < 4.78 is 0. The van der Waals surface area contributed by atoms with Gasteiger partial charge in [0.1, 0.15) is 0 Å². The molecule has 0 aliphatic carbocycles. The first-order valence-electron chi connectivity index (χ1n) is 4.80. The maximum Gasteiger partial charge on any atom is 0.300 e. The lowest BCUT2D eigenvalue weighted by molar-refractivity contribution is -0.134. The van der Waals surface area contributed by atoms with E-state index in [2.05, 4.69) is 19.2 Å². The molecule has 0 rings (SSSR count). The third-order valence-corrected chi connectivity index (χ3v) is 1.33. The van der Waals surface area contributed by atoms with Gasteiger partial charge in [0.05, 0.1) is 0 Å². The van der Waals surface area contributed by atoms with E-state index < -0.39 is 5.97 Å². The zero-order valence-corrected chi connectivity index (χ0v) is 9.46. The number of aliphatic carboxylic acids is 1. The normalized spacial score (nSPS) is 8.93. The molecular weight excluding hydrogens is 182 g/mol. The van der Waals surface area contributed by atoms with Crippen molar-refractivity contribution in [2.24, 2.45) is 5.92 Å². The zero-order valence-electron chi connectivity index (χ0n) is 9.46. The second-order valence-corrected chi connectivity index (χ2v) is 3.54. The van der Waals surface area contributed by atoms with Crippen LogP contribution in [0.2, 0.25) is 0 Å². The summed E-state index contributed by atoms with van der Waals surface area (Å²) in [5, 5.41) is 10.2. The third-order valence-electron chi connectivity index (χ3n) is 1.33. The van der Waals surface area contributed by atoms with Gasteiger partial charge in [-0.15, -0.1) is 0 Å². The molecule has 0 aliphatic rings. The molecule has 0 unspecified atom stereocenters. The van der Waals surface area contributed by atoms with E-state index in [1.165, 1.54) is 6.42 Å². The van der Waals surface area contributed by atoms with Crippen LogP contribution in [0, 0.1) is 5.92 Å². The molecule has 0 bridgehead atoms. The van der Waals surface area contributed by atoms with Crippen LogP contribution in [0.15, 0.2) is 0 Å². The van der Waals surface area contributed by atoms with Gasteiger partial charge in [-0.25, -0.2) is 0 Å². The summed E-state index contributed by atoms with van der Waals surface area (Å²) in [6.45, 7) is 7.84. The Labute approximate surface area is 85.7 Å². The molecule has 0 spiro atoms. The summed E-state index contributed by atoms with van der Waals surface area (Å²) in [4.78, 5) is 19.4. The molecule has 0 aromatic rings. The van der Waals surface area contributed by atoms with Crippen LogP contribution in [0.3, 0.4) is 0 Å². The molecular formula is C10H21NO3. The minimum atomic E-state index is -0.833. The maximum absolute atomic E-state index is 10.4. The molecule has 14 heavy (non-hydrogen) atoms. The maximum atomic E-state index is 10.4. The van der Waals surface area contributed by atoms with Gasteiger partial charge in [-0.3, -0.25) is 9.59 Å². The first-order chi connectivity index (χ1) is 6.36. The van der Waals surface area contributed by atoms with E-state index in [0.29, 0.717) is 0 Å². The van der Waals surface area contributed by atoms with E-state index in [1.54, 1.807) is 6.92 Å². The number of carbonyl (C=O) groups is 2. The van der Waals surface area contributed by atoms with Gasteiger partial charge in [-0.2, -0.15) is 0 Å². The van der Waals surface area contributed by atoms with Crippen LogP contribution in [0.1, 0.15) is 40.5 Å². The minimum Gasteiger partial charge on any atom is -0.481 e. The number of rotatable bonds is 4. The van der Waals surface area contributed by atoms with Crippen molar-refractivity contribution in [3.8, 4) is 0 Å². The molecule has 0 radical (unpaired) electrons. The summed E-state index contributed by atoms with van der Waals surface area (Å²) in [5.41, 5.74) is 0. The Balaban J connectivity index is 0. The van der Waals surface area contributed by atoms with Crippen molar-refractivity contribution in [2.75, 3.05) is 6.54 Å². The van der Waals surface area contributed by atoms with E-state index in [4.69, 9.17) is 9.90 Å². The van der Waals surface area contributed by atoms with Gasteiger partial charge in [0, 0.05) is 20.4 Å². The van der Waals surface area contributed by atoms with Gasteiger partial charge in [-0.1, -0.05) is 13.8 Å². The Morgan fingerprint density at radius 3 is 2.00 bits per heavy atom. The molecule has 0 atom stereocenters. The van der Waals surface area contributed by atoms with Crippen molar-refractivity contribution in [1.29, 1.82) is 0 Å². The summed E-state index contributed by atoms with van der Waals surface area (Å²) in [6.07, 6.45) is 2.29. The number of carboxylic acid groups (broad SMARTS) is 1. The van der Waals surface area contributed by atoms with Crippen molar-refractivity contribution in [2.45, 2.75) is 40.5 Å². The Bertz CT molecular complexity index is 163. The van der Waals surface area contributed by atoms with Crippen molar-refractivity contribution < 1.29 is 14.7 Å². The first-order valence-corrected chi connectivity index (χ1v) is 4.80. The van der Waals surface area contributed by atoms with Crippen LogP contribution in [-0.2, 0) is 9.59 Å². The second kappa shape index (κ2) is 10.0. The van der Waals surface area contributed by atoms with Crippen LogP contribution >= 0.6 is 0 Å². The number of carboxylic acids is 1. The largest absolute Gasteiger partial charge is 0.481 e. The van der Waals surface area contributed by atoms with Crippen LogP contribution < -0.4 is 5.32 Å². The second-order valence-electron chi connectivity index (χ2n) is 3.54. The summed E-state index contributed by atoms with van der Waals surface area (Å²) >= 11 is 0. The van der Waals surface area contributed by atoms with Gasteiger partial charge < -0.3 is 10.4 Å². The Morgan fingerprint density at radius 2 is 1.71 bits per heavy atom. The van der Waals surface area contributed by atoms with Crippen molar-refractivity contribution in [3.63, 3.8) is 0 Å². The Morgan fingerprint density at radius 1 is 1.29 bits per heavy atom. The third kappa shape index (κ3) is 30.6. The molecule has 84 valence electrons. The number of nitrogens with one attached hydrogen (secondary N) is 1. The van der Waals surface area contributed by atoms with Crippen molar-refractivity contribution in [1.82, 2.24) is 5.32 Å². The van der Waals surface area contributed by atoms with Crippen LogP contribution in [0.4, 0.5) is 0 Å². The van der Waals surface area contributed by atoms with E-state index in [1.807, 2.05) is 0 Å². The first kappa shape index (κ1) is 15.4. The fourth-order valence-corrected chi connectivity index (χ4v) is 0.775. The van der Waals surface area contributed by atoms with E-state index in [-0.39, 0.29) is 5.91 Å². The van der Waals surface area contributed by atoms with Crippen LogP contribution in [-0.4, -0.2) is 23.5 Å². The summed E-state index contributed by atoms with van der Waals surface area (Å²) in [6, 6.07) is 0. The monoisotopic (exact) mass is 203 g/mol. The number of hydrogen-bond donors (Lipinski definition) is 2. The van der Waals surface area contributed by atoms with Crippen LogP contribution in [0.5, 0.6) is 0 Å². The number of carbonyl (C=O) groups excluding carboxylic acids is 1. The molecule has 4 nitrogen and oxygen atoms in total. The summed E-state index contributed by atoms with van der Waals surface area (Å²) in [5.74, 6) is -0.0162. The van der Waals surface area contributed by atoms with Gasteiger partial charge >= 0.3 is 0 Å². The van der Waals surface area contributed by atoms with E-state index in [9.17, 15) is 4.79 Å². The lowest BCUT2D eigenvalue weighted by Gasteiger charge is -2.03. The van der Waals surface area contributed by atoms with Gasteiger partial charge in [-0.05, 0) is 18.8 Å². The average molecular weight is 203 g/mol.